The molecule has 0 bridgehead atoms. The first-order chi connectivity index (χ1) is 14.8. The van der Waals surface area contributed by atoms with Gasteiger partial charge >= 0.3 is 6.10 Å². The number of hydrogen-bond donors (Lipinski definition) is 8. The number of nitrogens with zero attached hydrogens (tertiary/aromatic N) is 1. The maximum atomic E-state index is 9.63. The molecule has 7 atom stereocenters. The van der Waals surface area contributed by atoms with Crippen LogP contribution in [0.2, 0.25) is 0 Å². The molecule has 0 aromatic rings. The molecule has 0 aromatic heterocycles. The zero-order valence-corrected chi connectivity index (χ0v) is 18.0. The van der Waals surface area contributed by atoms with Gasteiger partial charge in [0.25, 0.3) is 0 Å². The van der Waals surface area contributed by atoms with Gasteiger partial charge in [-0.05, 0) is 45.7 Å². The van der Waals surface area contributed by atoms with Crippen LogP contribution in [0.1, 0.15) is 32.1 Å². The molecule has 4 rings (SSSR count). The van der Waals surface area contributed by atoms with Crippen LogP contribution in [0.5, 0.6) is 0 Å². The van der Waals surface area contributed by atoms with Crippen molar-refractivity contribution < 1.29 is 29.9 Å². The number of aliphatic hydroxyl groups is 4. The molecule has 3 fully saturated rings. The Labute approximate surface area is 182 Å². The monoisotopic (exact) mass is 443 g/mol. The topological polar surface area (TPSA) is 151 Å². The van der Waals surface area contributed by atoms with Crippen LogP contribution < -0.4 is 21.3 Å². The number of aliphatic hydroxyl groups excluding tert-OH is 1. The summed E-state index contributed by atoms with van der Waals surface area (Å²) in [5.74, 6) is 0.288. The van der Waals surface area contributed by atoms with Gasteiger partial charge in [-0.3, -0.25) is 16.0 Å². The number of ether oxygens (including phenoxy) is 2. The fourth-order valence-corrected chi connectivity index (χ4v) is 5.36. The van der Waals surface area contributed by atoms with Gasteiger partial charge in [0, 0.05) is 24.5 Å². The van der Waals surface area contributed by atoms with Gasteiger partial charge in [0.15, 0.2) is 0 Å². The van der Waals surface area contributed by atoms with Gasteiger partial charge in [0.05, 0.1) is 25.0 Å². The molecule has 178 valence electrons. The van der Waals surface area contributed by atoms with E-state index in [9.17, 15) is 20.4 Å². The summed E-state index contributed by atoms with van der Waals surface area (Å²) in [6.07, 6.45) is 2.77. The molecule has 1 aliphatic carbocycles. The van der Waals surface area contributed by atoms with E-state index in [1.54, 1.807) is 0 Å². The number of fused-ring (bicyclic) bond motifs is 1. The molecular weight excluding hydrogens is 406 g/mol. The van der Waals surface area contributed by atoms with Gasteiger partial charge in [0.1, 0.15) is 13.1 Å². The molecular formula is C20H37N5O6. The van der Waals surface area contributed by atoms with E-state index in [1.165, 1.54) is 5.57 Å². The standard InChI is InChI=1S/C20H37N5O6/c1-25-5-2-3-12(4-6-25)15-7-13(8-16-18(15)31-11-30-16)21-19-22-14(10-26)9-17(23-19)24-20(27,28)29/h4,13-19,21-24,26-29H,2-3,5-11H2,1H3. The lowest BCUT2D eigenvalue weighted by Crippen LogP contribution is -2.71. The molecule has 0 amide bonds. The average Bonchev–Trinajstić information content (AvgIpc) is 3.06. The first-order valence-electron chi connectivity index (χ1n) is 11.2. The maximum absolute atomic E-state index is 9.63. The van der Waals surface area contributed by atoms with Crippen molar-refractivity contribution in [2.24, 2.45) is 5.92 Å². The molecule has 2 saturated heterocycles. The molecule has 0 radical (unpaired) electrons. The van der Waals surface area contributed by atoms with Gasteiger partial charge in [-0.1, -0.05) is 11.6 Å². The van der Waals surface area contributed by atoms with E-state index in [2.05, 4.69) is 39.3 Å². The summed E-state index contributed by atoms with van der Waals surface area (Å²) < 4.78 is 11.9. The molecule has 11 nitrogen and oxygen atoms in total. The molecule has 4 aliphatic rings. The Hall–Kier alpha value is -0.700. The van der Waals surface area contributed by atoms with Crippen LogP contribution >= 0.6 is 0 Å². The zero-order chi connectivity index (χ0) is 22.0. The Balaban J connectivity index is 1.42. The van der Waals surface area contributed by atoms with Crippen LogP contribution in [-0.4, -0.2) is 102 Å². The number of likely N-dealkylation sites (N-methyl/N-ethyl adjacent to an activating group) is 1. The van der Waals surface area contributed by atoms with Gasteiger partial charge in [-0.2, -0.15) is 0 Å². The molecule has 3 aliphatic heterocycles. The SMILES string of the molecule is CN1CC=C(C2CC(NC3NC(CO)CC(NC(O)(O)O)N3)CC3OCOC32)CCC1. The van der Waals surface area contributed by atoms with Gasteiger partial charge < -0.3 is 34.8 Å². The van der Waals surface area contributed by atoms with Crippen LogP contribution in [-0.2, 0) is 9.47 Å². The smallest absolute Gasteiger partial charge is 0.344 e. The molecule has 8 N–H and O–H groups in total. The minimum absolute atomic E-state index is 0.0317. The normalized spacial score (nSPS) is 40.3. The van der Waals surface area contributed by atoms with E-state index < -0.39 is 12.3 Å². The molecule has 3 heterocycles. The fourth-order valence-electron chi connectivity index (χ4n) is 5.36. The van der Waals surface area contributed by atoms with Crippen molar-refractivity contribution in [3.63, 3.8) is 0 Å². The molecule has 0 spiro atoms. The molecule has 7 unspecified atom stereocenters. The summed E-state index contributed by atoms with van der Waals surface area (Å²) in [6.45, 7) is 2.26. The van der Waals surface area contributed by atoms with E-state index in [0.717, 1.165) is 38.8 Å². The number of rotatable bonds is 6. The Morgan fingerprint density at radius 2 is 2.03 bits per heavy atom. The van der Waals surface area contributed by atoms with E-state index in [-0.39, 0.29) is 43.1 Å². The minimum atomic E-state index is -2.99. The predicted molar refractivity (Wildman–Crippen MR) is 111 cm³/mol. The van der Waals surface area contributed by atoms with Crippen LogP contribution in [0.3, 0.4) is 0 Å². The van der Waals surface area contributed by atoms with Crippen molar-refractivity contribution in [3.05, 3.63) is 11.6 Å². The van der Waals surface area contributed by atoms with E-state index >= 15 is 0 Å². The Morgan fingerprint density at radius 1 is 1.19 bits per heavy atom. The summed E-state index contributed by atoms with van der Waals surface area (Å²) in [7, 11) is 2.14. The average molecular weight is 444 g/mol. The molecule has 31 heavy (non-hydrogen) atoms. The molecule has 1 saturated carbocycles. The highest BCUT2D eigenvalue weighted by Crippen LogP contribution is 2.39. The zero-order valence-electron chi connectivity index (χ0n) is 18.0. The first-order valence-corrected chi connectivity index (χ1v) is 11.2. The second kappa shape index (κ2) is 10.1. The highest BCUT2D eigenvalue weighted by molar-refractivity contribution is 5.15. The number of hydrogen-bond acceptors (Lipinski definition) is 11. The van der Waals surface area contributed by atoms with Crippen LogP contribution in [0, 0.1) is 5.92 Å². The van der Waals surface area contributed by atoms with Crippen molar-refractivity contribution in [1.29, 1.82) is 0 Å². The fraction of sp³-hybridized carbons (Fsp3) is 0.900. The van der Waals surface area contributed by atoms with Crippen molar-refractivity contribution in [1.82, 2.24) is 26.2 Å². The Morgan fingerprint density at radius 3 is 2.81 bits per heavy atom. The largest absolute Gasteiger partial charge is 0.395 e. The summed E-state index contributed by atoms with van der Waals surface area (Å²) in [4.78, 5) is 2.33. The third-order valence-electron chi connectivity index (χ3n) is 6.79. The van der Waals surface area contributed by atoms with Crippen LogP contribution in [0.25, 0.3) is 0 Å². The summed E-state index contributed by atoms with van der Waals surface area (Å²) >= 11 is 0. The third kappa shape index (κ3) is 6.21. The maximum Gasteiger partial charge on any atom is 0.344 e. The minimum Gasteiger partial charge on any atom is -0.395 e. The van der Waals surface area contributed by atoms with Gasteiger partial charge in [0.2, 0.25) is 0 Å². The van der Waals surface area contributed by atoms with Crippen molar-refractivity contribution in [2.45, 2.75) is 74.9 Å². The van der Waals surface area contributed by atoms with E-state index in [0.29, 0.717) is 13.2 Å². The van der Waals surface area contributed by atoms with Crippen LogP contribution in [0.4, 0.5) is 0 Å². The van der Waals surface area contributed by atoms with Gasteiger partial charge in [-0.15, -0.1) is 0 Å². The van der Waals surface area contributed by atoms with E-state index in [4.69, 9.17) is 9.47 Å². The summed E-state index contributed by atoms with van der Waals surface area (Å²) in [5.41, 5.74) is 1.44. The molecule has 0 aromatic carbocycles. The van der Waals surface area contributed by atoms with Crippen molar-refractivity contribution in [2.75, 3.05) is 33.5 Å². The Bertz CT molecular complexity index is 632. The lowest BCUT2D eigenvalue weighted by atomic mass is 9.76. The van der Waals surface area contributed by atoms with Crippen molar-refractivity contribution >= 4 is 0 Å². The highest BCUT2D eigenvalue weighted by Gasteiger charge is 2.45. The lowest BCUT2D eigenvalue weighted by Gasteiger charge is -2.43. The second-order valence-electron chi connectivity index (χ2n) is 9.25. The summed E-state index contributed by atoms with van der Waals surface area (Å²) in [6, 6.07) is -0.128. The summed E-state index contributed by atoms with van der Waals surface area (Å²) in [5, 5.41) is 49.8. The third-order valence-corrected chi connectivity index (χ3v) is 6.79. The Kier molecular flexibility index (Phi) is 7.61. The predicted octanol–water partition coefficient (Wildman–Crippen LogP) is -2.52. The quantitative estimate of drug-likeness (QED) is 0.162. The van der Waals surface area contributed by atoms with Crippen LogP contribution in [0.15, 0.2) is 11.6 Å². The number of nitrogens with one attached hydrogen (secondary N) is 4. The lowest BCUT2D eigenvalue weighted by molar-refractivity contribution is -0.337. The first kappa shape index (κ1) is 23.5. The highest BCUT2D eigenvalue weighted by atomic mass is 16.7. The molecule has 11 heteroatoms. The van der Waals surface area contributed by atoms with E-state index in [1.807, 2.05) is 0 Å². The van der Waals surface area contributed by atoms with Gasteiger partial charge in [-0.25, -0.2) is 5.32 Å². The van der Waals surface area contributed by atoms with Crippen molar-refractivity contribution in [3.8, 4) is 0 Å². The second-order valence-corrected chi connectivity index (χ2v) is 9.25.